The molecule has 0 saturated carbocycles. The van der Waals surface area contributed by atoms with E-state index in [0.29, 0.717) is 35.8 Å². The summed E-state index contributed by atoms with van der Waals surface area (Å²) in [6, 6.07) is 19.1. The molecule has 0 saturated heterocycles. The molecule has 0 N–H and O–H groups in total. The standard InChI is InChI=1S/C26H22FNO4/c1-3-30-24-15-19(8-13-23(24)31-16-18-6-4-17(2)5-7-18)14-22-26(29)32-25(28-22)20-9-11-21(27)12-10-20/h4-15H,3,16H2,1-2H3/b22-14+. The number of aliphatic imine (C=N–C) groups is 1. The predicted molar refractivity (Wildman–Crippen MR) is 120 cm³/mol. The summed E-state index contributed by atoms with van der Waals surface area (Å²) < 4.78 is 30.1. The van der Waals surface area contributed by atoms with Crippen molar-refractivity contribution in [1.29, 1.82) is 0 Å². The lowest BCUT2D eigenvalue weighted by Gasteiger charge is -2.13. The normalized spacial score (nSPS) is 14.3. The molecule has 0 aromatic heterocycles. The number of ether oxygens (including phenoxy) is 3. The summed E-state index contributed by atoms with van der Waals surface area (Å²) in [5.41, 5.74) is 3.64. The van der Waals surface area contributed by atoms with Crippen molar-refractivity contribution in [3.8, 4) is 11.5 Å². The van der Waals surface area contributed by atoms with Crippen LogP contribution in [0.3, 0.4) is 0 Å². The Hall–Kier alpha value is -3.93. The zero-order valence-corrected chi connectivity index (χ0v) is 17.8. The first-order valence-electron chi connectivity index (χ1n) is 10.3. The molecule has 0 bridgehead atoms. The van der Waals surface area contributed by atoms with Crippen LogP contribution in [0, 0.1) is 12.7 Å². The minimum atomic E-state index is -0.568. The number of cyclic esters (lactones) is 1. The Morgan fingerprint density at radius 3 is 2.44 bits per heavy atom. The molecule has 0 aliphatic carbocycles. The largest absolute Gasteiger partial charge is 0.490 e. The van der Waals surface area contributed by atoms with Crippen molar-refractivity contribution in [1.82, 2.24) is 0 Å². The molecule has 4 rings (SSSR count). The highest BCUT2D eigenvalue weighted by atomic mass is 19.1. The second-order valence-corrected chi connectivity index (χ2v) is 7.26. The number of hydrogen-bond acceptors (Lipinski definition) is 5. The highest BCUT2D eigenvalue weighted by molar-refractivity contribution is 6.12. The molecule has 6 heteroatoms. The molecule has 0 amide bonds. The monoisotopic (exact) mass is 431 g/mol. The molecule has 3 aromatic carbocycles. The number of carbonyl (C=O) groups excluding carboxylic acids is 1. The lowest BCUT2D eigenvalue weighted by atomic mass is 10.1. The summed E-state index contributed by atoms with van der Waals surface area (Å²) in [5.74, 6) is 0.385. The zero-order valence-electron chi connectivity index (χ0n) is 17.8. The molecule has 3 aromatic rings. The molecule has 5 nitrogen and oxygen atoms in total. The van der Waals surface area contributed by atoms with Gasteiger partial charge in [-0.15, -0.1) is 0 Å². The van der Waals surface area contributed by atoms with Crippen LogP contribution in [0.1, 0.15) is 29.2 Å². The molecule has 0 fully saturated rings. The first kappa shape index (κ1) is 21.3. The second-order valence-electron chi connectivity index (χ2n) is 7.26. The van der Waals surface area contributed by atoms with E-state index in [4.69, 9.17) is 14.2 Å². The van der Waals surface area contributed by atoms with Crippen molar-refractivity contribution in [2.45, 2.75) is 20.5 Å². The number of halogens is 1. The van der Waals surface area contributed by atoms with Gasteiger partial charge in [0, 0.05) is 5.56 Å². The van der Waals surface area contributed by atoms with Crippen LogP contribution in [-0.4, -0.2) is 18.5 Å². The van der Waals surface area contributed by atoms with E-state index >= 15 is 0 Å². The van der Waals surface area contributed by atoms with Gasteiger partial charge in [0.1, 0.15) is 12.4 Å². The van der Waals surface area contributed by atoms with E-state index in [2.05, 4.69) is 4.99 Å². The van der Waals surface area contributed by atoms with Gasteiger partial charge in [0.25, 0.3) is 0 Å². The van der Waals surface area contributed by atoms with Crippen molar-refractivity contribution in [2.24, 2.45) is 4.99 Å². The number of hydrogen-bond donors (Lipinski definition) is 0. The fourth-order valence-electron chi connectivity index (χ4n) is 3.13. The Labute approximate surface area is 185 Å². The van der Waals surface area contributed by atoms with E-state index in [1.54, 1.807) is 18.2 Å². The Kier molecular flexibility index (Phi) is 6.31. The quantitative estimate of drug-likeness (QED) is 0.368. The van der Waals surface area contributed by atoms with E-state index in [9.17, 15) is 9.18 Å². The number of rotatable bonds is 7. The zero-order chi connectivity index (χ0) is 22.5. The Morgan fingerprint density at radius 2 is 1.72 bits per heavy atom. The number of carbonyl (C=O) groups is 1. The highest BCUT2D eigenvalue weighted by Crippen LogP contribution is 2.31. The first-order valence-corrected chi connectivity index (χ1v) is 10.3. The van der Waals surface area contributed by atoms with Gasteiger partial charge >= 0.3 is 5.97 Å². The van der Waals surface area contributed by atoms with Gasteiger partial charge in [-0.3, -0.25) is 0 Å². The maximum absolute atomic E-state index is 13.1. The average molecular weight is 431 g/mol. The summed E-state index contributed by atoms with van der Waals surface area (Å²) in [4.78, 5) is 16.5. The maximum atomic E-state index is 13.1. The van der Waals surface area contributed by atoms with Crippen LogP contribution in [0.5, 0.6) is 11.5 Å². The van der Waals surface area contributed by atoms with Gasteiger partial charge in [-0.1, -0.05) is 35.9 Å². The minimum absolute atomic E-state index is 0.143. The van der Waals surface area contributed by atoms with E-state index < -0.39 is 5.97 Å². The molecule has 32 heavy (non-hydrogen) atoms. The van der Waals surface area contributed by atoms with Crippen LogP contribution in [0.15, 0.2) is 77.4 Å². The van der Waals surface area contributed by atoms with Crippen LogP contribution in [0.2, 0.25) is 0 Å². The van der Waals surface area contributed by atoms with Crippen molar-refractivity contribution in [3.05, 3.63) is 100 Å². The number of aryl methyl sites for hydroxylation is 1. The molecule has 0 spiro atoms. The highest BCUT2D eigenvalue weighted by Gasteiger charge is 2.24. The van der Waals surface area contributed by atoms with Crippen LogP contribution in [0.4, 0.5) is 4.39 Å². The van der Waals surface area contributed by atoms with Crippen LogP contribution >= 0.6 is 0 Å². The number of esters is 1. The third kappa shape index (κ3) is 5.03. The van der Waals surface area contributed by atoms with Crippen LogP contribution in [0.25, 0.3) is 6.08 Å². The van der Waals surface area contributed by atoms with Crippen molar-refractivity contribution >= 4 is 17.9 Å². The fraction of sp³-hybridized carbons (Fsp3) is 0.154. The molecule has 0 unspecified atom stereocenters. The smallest absolute Gasteiger partial charge is 0.363 e. The fourth-order valence-corrected chi connectivity index (χ4v) is 3.13. The molecule has 162 valence electrons. The van der Waals surface area contributed by atoms with Gasteiger partial charge in [0.05, 0.1) is 6.61 Å². The third-order valence-corrected chi connectivity index (χ3v) is 4.80. The topological polar surface area (TPSA) is 57.1 Å². The first-order chi connectivity index (χ1) is 15.5. The van der Waals surface area contributed by atoms with Gasteiger partial charge in [0.15, 0.2) is 17.2 Å². The predicted octanol–water partition coefficient (Wildman–Crippen LogP) is 5.46. The van der Waals surface area contributed by atoms with E-state index in [0.717, 1.165) is 5.56 Å². The molecular weight excluding hydrogens is 409 g/mol. The van der Waals surface area contributed by atoms with Crippen molar-refractivity contribution < 1.29 is 23.4 Å². The third-order valence-electron chi connectivity index (χ3n) is 4.80. The van der Waals surface area contributed by atoms with Gasteiger partial charge in [-0.2, -0.15) is 0 Å². The minimum Gasteiger partial charge on any atom is -0.490 e. The van der Waals surface area contributed by atoms with Gasteiger partial charge in [-0.25, -0.2) is 14.2 Å². The van der Waals surface area contributed by atoms with E-state index in [1.807, 2.05) is 44.2 Å². The summed E-state index contributed by atoms with van der Waals surface area (Å²) in [5, 5.41) is 0. The summed E-state index contributed by atoms with van der Waals surface area (Å²) in [7, 11) is 0. The van der Waals surface area contributed by atoms with Crippen molar-refractivity contribution in [2.75, 3.05) is 6.61 Å². The molecule has 1 aliphatic rings. The average Bonchev–Trinajstić information content (AvgIpc) is 3.15. The lowest BCUT2D eigenvalue weighted by Crippen LogP contribution is -2.05. The summed E-state index contributed by atoms with van der Waals surface area (Å²) in [6.45, 7) is 4.81. The lowest BCUT2D eigenvalue weighted by molar-refractivity contribution is -0.129. The summed E-state index contributed by atoms with van der Waals surface area (Å²) in [6.07, 6.45) is 1.62. The number of benzene rings is 3. The van der Waals surface area contributed by atoms with Crippen LogP contribution < -0.4 is 9.47 Å². The van der Waals surface area contributed by atoms with Crippen LogP contribution in [-0.2, 0) is 16.1 Å². The number of nitrogens with zero attached hydrogens (tertiary/aromatic N) is 1. The maximum Gasteiger partial charge on any atom is 0.363 e. The van der Waals surface area contributed by atoms with E-state index in [1.165, 1.54) is 29.8 Å². The summed E-state index contributed by atoms with van der Waals surface area (Å²) >= 11 is 0. The van der Waals surface area contributed by atoms with Gasteiger partial charge < -0.3 is 14.2 Å². The SMILES string of the molecule is CCOc1cc(/C=C2/N=C(c3ccc(F)cc3)OC2=O)ccc1OCc1ccc(C)cc1. The molecular formula is C26H22FNO4. The van der Waals surface area contributed by atoms with E-state index in [-0.39, 0.29) is 17.4 Å². The Bertz CT molecular complexity index is 1180. The van der Waals surface area contributed by atoms with Crippen molar-refractivity contribution in [3.63, 3.8) is 0 Å². The van der Waals surface area contributed by atoms with Gasteiger partial charge in [0.2, 0.25) is 5.90 Å². The molecule has 0 radical (unpaired) electrons. The molecule has 0 atom stereocenters. The Balaban J connectivity index is 1.54. The van der Waals surface area contributed by atoms with Gasteiger partial charge in [-0.05, 0) is 67.4 Å². The molecule has 1 aliphatic heterocycles. The second kappa shape index (κ2) is 9.47. The molecule has 1 heterocycles. The Morgan fingerprint density at radius 1 is 0.969 bits per heavy atom.